The van der Waals surface area contributed by atoms with Crippen LogP contribution in [0, 0.1) is 17.3 Å². The second kappa shape index (κ2) is 13.3. The average Bonchev–Trinajstić information content (AvgIpc) is 3.89. The molecule has 3 heterocycles. The van der Waals surface area contributed by atoms with E-state index < -0.39 is 68.0 Å². The average molecular weight is 688 g/mol. The molecule has 2 aromatic heterocycles. The van der Waals surface area contributed by atoms with Gasteiger partial charge in [-0.05, 0) is 59.6 Å². The molecular formula is C32H41N5O8S2. The number of alkyl carbamates (subject to hydrolysis) is 1. The number of ether oxygens (including phenoxy) is 2. The summed E-state index contributed by atoms with van der Waals surface area (Å²) >= 11 is 1.57. The van der Waals surface area contributed by atoms with Crippen LogP contribution in [-0.2, 0) is 29.1 Å². The first-order valence-corrected chi connectivity index (χ1v) is 17.9. The SMILES string of the molecule is C=C[C@@H]1C[C@]1(NC(=O)[C@@H]1C[C@@H](COc2cncc(-c3ccsc3)c2)CN1C(=O)[C@@H](NC(=O)OC)C(C)(C)C)C(=O)NS(=O)(=O)C1CC1. The standard InChI is InChI=1S/C32H41N5O8S2/c1-6-22-13-32(22,29(40)36-47(42,43)24-7-8-24)35-27(38)25-11-19(16-37(25)28(39)26(31(2,3)4)34-30(41)44-5)17-45-23-12-21(14-33-15-23)20-9-10-46-18-20/h6,9-10,12,14-15,18-19,22,24-26H,1,7-8,11,13,16-17H2,2-5H3,(H,34,41)(H,35,38)(H,36,40)/t19-,22-,25+,26-,32-/m1/s1. The lowest BCUT2D eigenvalue weighted by Crippen LogP contribution is -2.60. The number of aromatic nitrogens is 1. The zero-order valence-corrected chi connectivity index (χ0v) is 28.5. The van der Waals surface area contributed by atoms with Crippen LogP contribution in [0.25, 0.3) is 11.1 Å². The molecule has 5 rings (SSSR count). The highest BCUT2D eigenvalue weighted by atomic mass is 32.2. The molecule has 254 valence electrons. The Balaban J connectivity index is 1.36. The van der Waals surface area contributed by atoms with E-state index in [1.807, 2.05) is 22.9 Å². The van der Waals surface area contributed by atoms with Crippen molar-refractivity contribution in [2.24, 2.45) is 17.3 Å². The summed E-state index contributed by atoms with van der Waals surface area (Å²) in [6, 6.07) is 1.77. The maximum absolute atomic E-state index is 14.1. The monoisotopic (exact) mass is 687 g/mol. The van der Waals surface area contributed by atoms with E-state index in [1.165, 1.54) is 18.1 Å². The smallest absolute Gasteiger partial charge is 0.407 e. The summed E-state index contributed by atoms with van der Waals surface area (Å²) in [7, 11) is -2.67. The van der Waals surface area contributed by atoms with E-state index in [0.717, 1.165) is 11.1 Å². The Labute approximate surface area is 278 Å². The van der Waals surface area contributed by atoms with Gasteiger partial charge in [0.2, 0.25) is 21.8 Å². The lowest BCUT2D eigenvalue weighted by atomic mass is 9.85. The van der Waals surface area contributed by atoms with E-state index in [1.54, 1.807) is 44.5 Å². The minimum atomic E-state index is -3.86. The van der Waals surface area contributed by atoms with E-state index in [9.17, 15) is 27.6 Å². The minimum absolute atomic E-state index is 0.129. The van der Waals surface area contributed by atoms with Gasteiger partial charge in [0, 0.05) is 30.1 Å². The van der Waals surface area contributed by atoms with Crippen LogP contribution >= 0.6 is 11.3 Å². The second-order valence-corrected chi connectivity index (χ2v) is 16.2. The van der Waals surface area contributed by atoms with Gasteiger partial charge in [0.15, 0.2) is 0 Å². The summed E-state index contributed by atoms with van der Waals surface area (Å²) in [6.07, 6.45) is 5.35. The number of nitrogens with one attached hydrogen (secondary N) is 3. The van der Waals surface area contributed by atoms with Gasteiger partial charge in [0.05, 0.1) is 25.2 Å². The molecular weight excluding hydrogens is 647 g/mol. The predicted molar refractivity (Wildman–Crippen MR) is 175 cm³/mol. The number of methoxy groups -OCH3 is 1. The zero-order chi connectivity index (χ0) is 34.1. The number of nitrogens with zero attached hydrogens (tertiary/aromatic N) is 2. The number of carbonyl (C=O) groups is 4. The van der Waals surface area contributed by atoms with Crippen molar-refractivity contribution < 1.29 is 37.1 Å². The largest absolute Gasteiger partial charge is 0.492 e. The summed E-state index contributed by atoms with van der Waals surface area (Å²) in [6.45, 7) is 9.38. The molecule has 13 nitrogen and oxygen atoms in total. The summed E-state index contributed by atoms with van der Waals surface area (Å²) < 4.78 is 38.2. The number of sulfonamides is 1. The molecule has 0 spiro atoms. The van der Waals surface area contributed by atoms with Gasteiger partial charge < -0.3 is 25.0 Å². The molecule has 5 atom stereocenters. The third-order valence-electron chi connectivity index (χ3n) is 8.84. The Morgan fingerprint density at radius 2 is 1.96 bits per heavy atom. The summed E-state index contributed by atoms with van der Waals surface area (Å²) in [5.41, 5.74) is -0.364. The fraction of sp³-hybridized carbons (Fsp3) is 0.531. The molecule has 0 bridgehead atoms. The highest BCUT2D eigenvalue weighted by molar-refractivity contribution is 7.91. The Bertz CT molecular complexity index is 1640. The third-order valence-corrected chi connectivity index (χ3v) is 11.3. The highest BCUT2D eigenvalue weighted by Gasteiger charge is 2.62. The number of hydrogen-bond acceptors (Lipinski definition) is 10. The number of rotatable bonds is 12. The van der Waals surface area contributed by atoms with Crippen LogP contribution in [0.3, 0.4) is 0 Å². The van der Waals surface area contributed by atoms with Gasteiger partial charge in [-0.15, -0.1) is 6.58 Å². The van der Waals surface area contributed by atoms with Gasteiger partial charge >= 0.3 is 6.09 Å². The molecule has 1 saturated heterocycles. The predicted octanol–water partition coefficient (Wildman–Crippen LogP) is 2.85. The lowest BCUT2D eigenvalue weighted by Gasteiger charge is -2.35. The van der Waals surface area contributed by atoms with Gasteiger partial charge in [-0.2, -0.15) is 11.3 Å². The van der Waals surface area contributed by atoms with Crippen LogP contribution in [0.4, 0.5) is 4.79 Å². The molecule has 0 unspecified atom stereocenters. The van der Waals surface area contributed by atoms with E-state index in [-0.39, 0.29) is 31.9 Å². The van der Waals surface area contributed by atoms with Gasteiger partial charge in [0.25, 0.3) is 5.91 Å². The Morgan fingerprint density at radius 1 is 1.21 bits per heavy atom. The van der Waals surface area contributed by atoms with Crippen LogP contribution in [0.2, 0.25) is 0 Å². The van der Waals surface area contributed by atoms with Crippen molar-refractivity contribution in [2.75, 3.05) is 20.3 Å². The molecule has 3 N–H and O–H groups in total. The van der Waals surface area contributed by atoms with E-state index in [0.29, 0.717) is 18.6 Å². The zero-order valence-electron chi connectivity index (χ0n) is 26.9. The number of likely N-dealkylation sites (tertiary alicyclic amines) is 1. The van der Waals surface area contributed by atoms with E-state index in [2.05, 4.69) is 26.9 Å². The minimum Gasteiger partial charge on any atom is -0.492 e. The molecule has 2 saturated carbocycles. The molecule has 0 aromatic carbocycles. The molecule has 2 aliphatic carbocycles. The van der Waals surface area contributed by atoms with Crippen LogP contribution in [0.1, 0.15) is 46.5 Å². The summed E-state index contributed by atoms with van der Waals surface area (Å²) in [5, 5.41) is 8.74. The topological polar surface area (TPSA) is 173 Å². The van der Waals surface area contributed by atoms with Gasteiger partial charge in [-0.3, -0.25) is 24.1 Å². The second-order valence-electron chi connectivity index (χ2n) is 13.5. The molecule has 3 fully saturated rings. The molecule has 2 aromatic rings. The summed E-state index contributed by atoms with van der Waals surface area (Å²) in [5.74, 6) is -2.20. The van der Waals surface area contributed by atoms with Crippen molar-refractivity contribution in [3.63, 3.8) is 0 Å². The number of carbonyl (C=O) groups excluding carboxylic acids is 4. The van der Waals surface area contributed by atoms with Crippen molar-refractivity contribution in [3.05, 3.63) is 47.9 Å². The van der Waals surface area contributed by atoms with Crippen molar-refractivity contribution >= 4 is 45.2 Å². The lowest BCUT2D eigenvalue weighted by molar-refractivity contribution is -0.142. The summed E-state index contributed by atoms with van der Waals surface area (Å²) in [4.78, 5) is 59.4. The van der Waals surface area contributed by atoms with E-state index in [4.69, 9.17) is 9.47 Å². The van der Waals surface area contributed by atoms with Gasteiger partial charge in [-0.25, -0.2) is 13.2 Å². The fourth-order valence-electron chi connectivity index (χ4n) is 5.84. The van der Waals surface area contributed by atoms with Crippen molar-refractivity contribution in [3.8, 4) is 16.9 Å². The molecule has 4 amide bonds. The van der Waals surface area contributed by atoms with Crippen molar-refractivity contribution in [2.45, 2.75) is 69.3 Å². The normalized spacial score (nSPS) is 24.5. The Morgan fingerprint density at radius 3 is 2.55 bits per heavy atom. The van der Waals surface area contributed by atoms with Crippen LogP contribution in [0.5, 0.6) is 5.75 Å². The van der Waals surface area contributed by atoms with E-state index >= 15 is 0 Å². The first-order valence-electron chi connectivity index (χ1n) is 15.4. The maximum atomic E-state index is 14.1. The fourth-order valence-corrected chi connectivity index (χ4v) is 7.87. The first kappa shape index (κ1) is 34.4. The maximum Gasteiger partial charge on any atom is 0.407 e. The number of pyridine rings is 1. The Hall–Kier alpha value is -3.98. The first-order chi connectivity index (χ1) is 22.2. The quantitative estimate of drug-likeness (QED) is 0.284. The third kappa shape index (κ3) is 7.61. The van der Waals surface area contributed by atoms with Crippen LogP contribution < -0.4 is 20.1 Å². The molecule has 15 heteroatoms. The van der Waals surface area contributed by atoms with Crippen molar-refractivity contribution in [1.82, 2.24) is 25.2 Å². The van der Waals surface area contributed by atoms with Crippen molar-refractivity contribution in [1.29, 1.82) is 0 Å². The number of amides is 4. The number of hydrogen-bond donors (Lipinski definition) is 3. The Kier molecular flexibility index (Phi) is 9.69. The van der Waals surface area contributed by atoms with Gasteiger partial charge in [0.1, 0.15) is 23.4 Å². The van der Waals surface area contributed by atoms with Crippen LogP contribution in [0.15, 0.2) is 47.9 Å². The van der Waals surface area contributed by atoms with Crippen LogP contribution in [-0.4, -0.2) is 85.3 Å². The van der Waals surface area contributed by atoms with Gasteiger partial charge in [-0.1, -0.05) is 26.8 Å². The molecule has 47 heavy (non-hydrogen) atoms. The number of thiophene rings is 1. The highest BCUT2D eigenvalue weighted by Crippen LogP contribution is 2.45. The molecule has 0 radical (unpaired) electrons. The molecule has 1 aliphatic heterocycles. The molecule has 3 aliphatic rings.